The van der Waals surface area contributed by atoms with Gasteiger partial charge in [-0.1, -0.05) is 12.5 Å². The predicted molar refractivity (Wildman–Crippen MR) is 105 cm³/mol. The highest BCUT2D eigenvalue weighted by molar-refractivity contribution is 6.69. The summed E-state index contributed by atoms with van der Waals surface area (Å²) in [5.74, 6) is 3.61. The van der Waals surface area contributed by atoms with Crippen LogP contribution in [0.25, 0.3) is 0 Å². The number of ketones is 1. The average Bonchev–Trinajstić information content (AvgIpc) is 2.76. The Labute approximate surface area is 154 Å². The highest BCUT2D eigenvalue weighted by atomic mass is 28.4. The fourth-order valence-corrected chi connectivity index (χ4v) is 8.94. The number of fused-ring (bicyclic) bond motifs is 5. The Morgan fingerprint density at radius 3 is 2.48 bits per heavy atom. The van der Waals surface area contributed by atoms with Crippen molar-refractivity contribution in [2.75, 3.05) is 0 Å². The second-order valence-corrected chi connectivity index (χ2v) is 15.2. The standard InChI is InChI=1S/C22H36O2Si/c1-21-12-10-18-17-9-7-16(23)14-15(17)6-8-19(18)20(21)11-13-22(21,2)24-25(3,4)5/h14,17-20H,6-13H2,1-5H3/t17-,18+,19+,20+,21-,22-/m0/s1. The summed E-state index contributed by atoms with van der Waals surface area (Å²) < 4.78 is 6.84. The van der Waals surface area contributed by atoms with Gasteiger partial charge in [0.25, 0.3) is 0 Å². The van der Waals surface area contributed by atoms with Gasteiger partial charge in [-0.2, -0.15) is 0 Å². The molecule has 3 saturated carbocycles. The number of allylic oxidation sites excluding steroid dienone is 1. The molecule has 0 spiro atoms. The maximum Gasteiger partial charge on any atom is 0.184 e. The lowest BCUT2D eigenvalue weighted by atomic mass is 9.51. The van der Waals surface area contributed by atoms with E-state index < -0.39 is 8.32 Å². The second kappa shape index (κ2) is 5.79. The van der Waals surface area contributed by atoms with Gasteiger partial charge >= 0.3 is 0 Å². The molecule has 0 bridgehead atoms. The van der Waals surface area contributed by atoms with Crippen LogP contribution in [0.5, 0.6) is 0 Å². The van der Waals surface area contributed by atoms with Gasteiger partial charge < -0.3 is 4.43 Å². The Kier molecular flexibility index (Phi) is 4.16. The smallest absolute Gasteiger partial charge is 0.184 e. The molecule has 0 aromatic heterocycles. The molecule has 0 amide bonds. The molecule has 2 nitrogen and oxygen atoms in total. The molecular weight excluding hydrogens is 324 g/mol. The van der Waals surface area contributed by atoms with Gasteiger partial charge in [-0.05, 0) is 107 Å². The molecular formula is C22H36O2Si. The van der Waals surface area contributed by atoms with Crippen LogP contribution >= 0.6 is 0 Å². The summed E-state index contributed by atoms with van der Waals surface area (Å²) in [4.78, 5) is 11.8. The maximum atomic E-state index is 11.8. The Morgan fingerprint density at radius 1 is 1.00 bits per heavy atom. The molecule has 0 radical (unpaired) electrons. The summed E-state index contributed by atoms with van der Waals surface area (Å²) in [7, 11) is -1.54. The fraction of sp³-hybridized carbons (Fsp3) is 0.864. The van der Waals surface area contributed by atoms with Crippen LogP contribution in [0.2, 0.25) is 19.6 Å². The van der Waals surface area contributed by atoms with E-state index in [-0.39, 0.29) is 5.60 Å². The van der Waals surface area contributed by atoms with Gasteiger partial charge in [-0.15, -0.1) is 0 Å². The molecule has 0 unspecified atom stereocenters. The molecule has 3 fully saturated rings. The summed E-state index contributed by atoms with van der Waals surface area (Å²) in [5, 5.41) is 0. The van der Waals surface area contributed by atoms with Gasteiger partial charge in [-0.25, -0.2) is 0 Å². The second-order valence-electron chi connectivity index (χ2n) is 10.7. The molecule has 0 heterocycles. The summed E-state index contributed by atoms with van der Waals surface area (Å²) in [6, 6.07) is 0. The van der Waals surface area contributed by atoms with E-state index in [1.54, 1.807) is 0 Å². The zero-order chi connectivity index (χ0) is 18.0. The highest BCUT2D eigenvalue weighted by Gasteiger charge is 2.62. The Hall–Kier alpha value is -0.413. The number of carbonyl (C=O) groups is 1. The van der Waals surface area contributed by atoms with Crippen LogP contribution in [0, 0.1) is 29.1 Å². The van der Waals surface area contributed by atoms with Crippen molar-refractivity contribution in [3.63, 3.8) is 0 Å². The summed E-state index contributed by atoms with van der Waals surface area (Å²) in [6.45, 7) is 12.0. The number of rotatable bonds is 2. The van der Waals surface area contributed by atoms with Crippen molar-refractivity contribution >= 4 is 14.1 Å². The third-order valence-electron chi connectivity index (χ3n) is 8.36. The molecule has 0 aromatic rings. The zero-order valence-electron chi connectivity index (χ0n) is 16.9. The maximum absolute atomic E-state index is 11.8. The summed E-state index contributed by atoms with van der Waals surface area (Å²) >= 11 is 0. The van der Waals surface area contributed by atoms with Gasteiger partial charge in [0, 0.05) is 6.42 Å². The molecule has 4 aliphatic carbocycles. The SMILES string of the molecule is C[C@]12CC[C@H]3[C@@H](CCC4=CC(=O)CC[C@@H]43)[C@H]1CC[C@]2(C)O[Si](C)(C)C. The van der Waals surface area contributed by atoms with E-state index in [1.165, 1.54) is 44.1 Å². The minimum Gasteiger partial charge on any atom is -0.412 e. The van der Waals surface area contributed by atoms with Crippen LogP contribution in [0.1, 0.15) is 65.2 Å². The van der Waals surface area contributed by atoms with E-state index in [4.69, 9.17) is 4.43 Å². The van der Waals surface area contributed by atoms with Gasteiger partial charge in [0.1, 0.15) is 0 Å². The van der Waals surface area contributed by atoms with Crippen LogP contribution < -0.4 is 0 Å². The third-order valence-corrected chi connectivity index (χ3v) is 9.42. The fourth-order valence-electron chi connectivity index (χ4n) is 7.25. The first kappa shape index (κ1) is 18.0. The monoisotopic (exact) mass is 360 g/mol. The van der Waals surface area contributed by atoms with E-state index in [9.17, 15) is 4.79 Å². The molecule has 4 rings (SSSR count). The van der Waals surface area contributed by atoms with Crippen LogP contribution in [-0.2, 0) is 9.22 Å². The summed E-state index contributed by atoms with van der Waals surface area (Å²) in [5.41, 5.74) is 1.92. The van der Waals surface area contributed by atoms with Crippen molar-refractivity contribution in [3.05, 3.63) is 11.6 Å². The van der Waals surface area contributed by atoms with Crippen LogP contribution in [0.4, 0.5) is 0 Å². The first-order valence-corrected chi connectivity index (χ1v) is 14.0. The topological polar surface area (TPSA) is 26.3 Å². The van der Waals surface area contributed by atoms with Crippen molar-refractivity contribution in [1.29, 1.82) is 0 Å². The van der Waals surface area contributed by atoms with Gasteiger partial charge in [0.05, 0.1) is 5.60 Å². The highest BCUT2D eigenvalue weighted by Crippen LogP contribution is 2.66. The number of carbonyl (C=O) groups excluding carboxylic acids is 1. The lowest BCUT2D eigenvalue weighted by Crippen LogP contribution is -2.55. The lowest BCUT2D eigenvalue weighted by Gasteiger charge is -2.57. The lowest BCUT2D eigenvalue weighted by molar-refractivity contribution is -0.117. The van der Waals surface area contributed by atoms with Crippen LogP contribution in [-0.4, -0.2) is 19.7 Å². The Bertz CT molecular complexity index is 604. The molecule has 6 atom stereocenters. The molecule has 25 heavy (non-hydrogen) atoms. The van der Waals surface area contributed by atoms with E-state index in [0.717, 1.165) is 30.6 Å². The molecule has 0 aliphatic heterocycles. The van der Waals surface area contributed by atoms with Crippen molar-refractivity contribution in [3.8, 4) is 0 Å². The first-order valence-electron chi connectivity index (χ1n) is 10.6. The van der Waals surface area contributed by atoms with Gasteiger partial charge in [-0.3, -0.25) is 4.79 Å². The van der Waals surface area contributed by atoms with Gasteiger partial charge in [0.15, 0.2) is 14.1 Å². The largest absolute Gasteiger partial charge is 0.412 e. The number of hydrogen-bond acceptors (Lipinski definition) is 2. The predicted octanol–water partition coefficient (Wildman–Crippen LogP) is 5.74. The normalized spacial score (nSPS) is 46.9. The first-order chi connectivity index (χ1) is 11.6. The van der Waals surface area contributed by atoms with Crippen molar-refractivity contribution in [2.24, 2.45) is 29.1 Å². The molecule has 0 aromatic carbocycles. The van der Waals surface area contributed by atoms with E-state index in [1.807, 2.05) is 6.08 Å². The average molecular weight is 361 g/mol. The van der Waals surface area contributed by atoms with Crippen LogP contribution in [0.15, 0.2) is 11.6 Å². The Balaban J connectivity index is 1.60. The molecule has 140 valence electrons. The zero-order valence-corrected chi connectivity index (χ0v) is 17.9. The van der Waals surface area contributed by atoms with Crippen molar-refractivity contribution in [1.82, 2.24) is 0 Å². The third kappa shape index (κ3) is 2.81. The van der Waals surface area contributed by atoms with E-state index in [2.05, 4.69) is 33.5 Å². The quantitative estimate of drug-likeness (QED) is 0.587. The Morgan fingerprint density at radius 2 is 1.76 bits per heavy atom. The molecule has 4 aliphatic rings. The van der Waals surface area contributed by atoms with E-state index in [0.29, 0.717) is 17.1 Å². The summed E-state index contributed by atoms with van der Waals surface area (Å²) in [6.07, 6.45) is 11.7. The van der Waals surface area contributed by atoms with Crippen molar-refractivity contribution in [2.45, 2.75) is 90.5 Å². The van der Waals surface area contributed by atoms with Gasteiger partial charge in [0.2, 0.25) is 0 Å². The molecule has 0 saturated heterocycles. The minimum atomic E-state index is -1.54. The number of hydrogen-bond donors (Lipinski definition) is 0. The minimum absolute atomic E-state index is 0.0752. The van der Waals surface area contributed by atoms with Crippen LogP contribution in [0.3, 0.4) is 0 Å². The van der Waals surface area contributed by atoms with E-state index >= 15 is 0 Å². The van der Waals surface area contributed by atoms with Crippen molar-refractivity contribution < 1.29 is 9.22 Å². The molecule has 0 N–H and O–H groups in total. The molecule has 3 heteroatoms.